The highest BCUT2D eigenvalue weighted by Crippen LogP contribution is 2.40. The first-order chi connectivity index (χ1) is 18.8. The number of nitrogens with one attached hydrogen (secondary N) is 3. The molecule has 3 N–H and O–H groups in total. The summed E-state index contributed by atoms with van der Waals surface area (Å²) in [4.78, 5) is 29.6. The molecule has 2 aliphatic rings. The third kappa shape index (κ3) is 8.15. The monoisotopic (exact) mass is 594 g/mol. The smallest absolute Gasteiger partial charge is 0.412 e. The molecule has 1 aromatic carbocycles. The van der Waals surface area contributed by atoms with Crippen molar-refractivity contribution < 1.29 is 32.2 Å². The lowest BCUT2D eigenvalue weighted by atomic mass is 9.86. The zero-order valence-electron chi connectivity index (χ0n) is 23.5. The minimum atomic E-state index is -3.95. The maximum atomic E-state index is 13.5. The molecule has 2 amide bonds. The quantitative estimate of drug-likeness (QED) is 0.387. The zero-order valence-corrected chi connectivity index (χ0v) is 25.1. The van der Waals surface area contributed by atoms with Crippen LogP contribution in [0.3, 0.4) is 0 Å². The number of carbonyl (C=O) groups is 2. The number of sulfonamides is 1. The third-order valence-electron chi connectivity index (χ3n) is 6.37. The van der Waals surface area contributed by atoms with Crippen molar-refractivity contribution in [2.24, 2.45) is 0 Å². The number of benzene rings is 1. The van der Waals surface area contributed by atoms with E-state index < -0.39 is 27.7 Å². The van der Waals surface area contributed by atoms with Crippen LogP contribution in [0.5, 0.6) is 0 Å². The summed E-state index contributed by atoms with van der Waals surface area (Å²) in [5, 5.41) is 6.48. The second-order valence-electron chi connectivity index (χ2n) is 11.5. The van der Waals surface area contributed by atoms with Gasteiger partial charge >= 0.3 is 12.2 Å². The van der Waals surface area contributed by atoms with Gasteiger partial charge in [0.2, 0.25) is 10.0 Å². The van der Waals surface area contributed by atoms with Crippen molar-refractivity contribution in [2.45, 2.75) is 94.9 Å². The number of alkyl carbamates (subject to hydrolysis) is 1. The van der Waals surface area contributed by atoms with E-state index in [1.54, 1.807) is 39.1 Å². The SMILES string of the molecule is CC(C)OC(=O)NC1CCC(c2ncc(-c3ccc(NC(=O)OC4COC4)cc3S(=O)(=O)NC(C)(C)C)s2)CC1. The van der Waals surface area contributed by atoms with Crippen molar-refractivity contribution in [3.8, 4) is 10.4 Å². The highest BCUT2D eigenvalue weighted by molar-refractivity contribution is 7.89. The molecule has 2 fully saturated rings. The van der Waals surface area contributed by atoms with Crippen molar-refractivity contribution in [1.29, 1.82) is 0 Å². The summed E-state index contributed by atoms with van der Waals surface area (Å²) in [6.07, 6.45) is 3.50. The minimum absolute atomic E-state index is 0.0407. The summed E-state index contributed by atoms with van der Waals surface area (Å²) in [7, 11) is -3.95. The fourth-order valence-electron chi connectivity index (χ4n) is 4.57. The molecule has 1 aliphatic carbocycles. The highest BCUT2D eigenvalue weighted by Gasteiger charge is 2.29. The number of hydrogen-bond acceptors (Lipinski definition) is 9. The Hall–Kier alpha value is -2.74. The van der Waals surface area contributed by atoms with E-state index in [4.69, 9.17) is 14.2 Å². The lowest BCUT2D eigenvalue weighted by Crippen LogP contribution is -2.40. The Morgan fingerprint density at radius 1 is 1.10 bits per heavy atom. The number of nitrogens with zero attached hydrogens (tertiary/aromatic N) is 1. The van der Waals surface area contributed by atoms with Crippen LogP contribution in [0.15, 0.2) is 29.3 Å². The molecule has 0 bridgehead atoms. The summed E-state index contributed by atoms with van der Waals surface area (Å²) in [5.41, 5.74) is 0.0870. The second-order valence-corrected chi connectivity index (χ2v) is 14.2. The molecule has 40 heavy (non-hydrogen) atoms. The Kier molecular flexibility index (Phi) is 9.38. The first kappa shape index (κ1) is 30.2. The van der Waals surface area contributed by atoms with Gasteiger partial charge in [0.05, 0.1) is 34.1 Å². The summed E-state index contributed by atoms with van der Waals surface area (Å²) >= 11 is 1.46. The van der Waals surface area contributed by atoms with Gasteiger partial charge in [-0.05, 0) is 72.4 Å². The van der Waals surface area contributed by atoms with E-state index in [0.29, 0.717) is 29.3 Å². The fourth-order valence-corrected chi connectivity index (χ4v) is 7.42. The molecule has 0 unspecified atom stereocenters. The largest absolute Gasteiger partial charge is 0.447 e. The minimum Gasteiger partial charge on any atom is -0.447 e. The topological polar surface area (TPSA) is 145 Å². The van der Waals surface area contributed by atoms with Gasteiger partial charge < -0.3 is 19.5 Å². The van der Waals surface area contributed by atoms with Crippen LogP contribution in [0.4, 0.5) is 15.3 Å². The van der Waals surface area contributed by atoms with Crippen LogP contribution in [0.2, 0.25) is 0 Å². The van der Waals surface area contributed by atoms with Crippen LogP contribution in [-0.2, 0) is 24.2 Å². The van der Waals surface area contributed by atoms with Crippen LogP contribution >= 0.6 is 11.3 Å². The molecule has 0 spiro atoms. The number of aromatic nitrogens is 1. The molecule has 0 atom stereocenters. The van der Waals surface area contributed by atoms with Crippen molar-refractivity contribution in [3.63, 3.8) is 0 Å². The van der Waals surface area contributed by atoms with Gasteiger partial charge in [0, 0.05) is 34.9 Å². The van der Waals surface area contributed by atoms with Crippen LogP contribution in [0.25, 0.3) is 10.4 Å². The molecule has 0 radical (unpaired) electrons. The summed E-state index contributed by atoms with van der Waals surface area (Å²) < 4.78 is 45.1. The molecular weight excluding hydrogens is 556 g/mol. The fraction of sp³-hybridized carbons (Fsp3) is 0.593. The number of hydrogen-bond donors (Lipinski definition) is 3. The summed E-state index contributed by atoms with van der Waals surface area (Å²) in [5.74, 6) is 0.219. The van der Waals surface area contributed by atoms with Crippen molar-refractivity contribution in [1.82, 2.24) is 15.0 Å². The molecule has 1 aliphatic heterocycles. The Balaban J connectivity index is 1.51. The van der Waals surface area contributed by atoms with Crippen LogP contribution in [0, 0.1) is 0 Å². The van der Waals surface area contributed by atoms with E-state index in [1.165, 1.54) is 17.4 Å². The predicted molar refractivity (Wildman–Crippen MR) is 152 cm³/mol. The van der Waals surface area contributed by atoms with E-state index in [2.05, 4.69) is 20.3 Å². The molecule has 2 heterocycles. The van der Waals surface area contributed by atoms with Crippen LogP contribution in [-0.4, -0.2) is 62.6 Å². The Morgan fingerprint density at radius 3 is 2.40 bits per heavy atom. The van der Waals surface area contributed by atoms with Gasteiger partial charge in [-0.15, -0.1) is 11.3 Å². The summed E-state index contributed by atoms with van der Waals surface area (Å²) in [6.45, 7) is 9.62. The van der Waals surface area contributed by atoms with Gasteiger partial charge in [-0.3, -0.25) is 5.32 Å². The zero-order chi connectivity index (χ0) is 29.1. The predicted octanol–water partition coefficient (Wildman–Crippen LogP) is 5.00. The van der Waals surface area contributed by atoms with Crippen LogP contribution < -0.4 is 15.4 Å². The van der Waals surface area contributed by atoms with Gasteiger partial charge in [-0.1, -0.05) is 6.07 Å². The lowest BCUT2D eigenvalue weighted by Gasteiger charge is -2.28. The average Bonchev–Trinajstić information content (AvgIpc) is 3.30. The molecular formula is C27H38N4O7S2. The molecule has 1 saturated carbocycles. The van der Waals surface area contributed by atoms with Gasteiger partial charge in [0.1, 0.15) is 0 Å². The molecule has 11 nitrogen and oxygen atoms in total. The van der Waals surface area contributed by atoms with Crippen molar-refractivity contribution in [3.05, 3.63) is 29.4 Å². The molecule has 220 valence electrons. The van der Waals surface area contributed by atoms with Gasteiger partial charge in [0.25, 0.3) is 0 Å². The first-order valence-electron chi connectivity index (χ1n) is 13.5. The molecule has 13 heteroatoms. The van der Waals surface area contributed by atoms with E-state index >= 15 is 0 Å². The van der Waals surface area contributed by atoms with E-state index in [1.807, 2.05) is 13.8 Å². The molecule has 4 rings (SSSR count). The van der Waals surface area contributed by atoms with Gasteiger partial charge in [0.15, 0.2) is 6.10 Å². The molecule has 1 aromatic heterocycles. The normalized spacial score (nSPS) is 20.1. The number of thiazole rings is 1. The Morgan fingerprint density at radius 2 is 1.80 bits per heavy atom. The number of carbonyl (C=O) groups excluding carboxylic acids is 2. The molecule has 1 saturated heterocycles. The number of anilines is 1. The number of amides is 2. The van der Waals surface area contributed by atoms with E-state index in [0.717, 1.165) is 30.7 Å². The van der Waals surface area contributed by atoms with E-state index in [-0.39, 0.29) is 29.1 Å². The Labute approximate surface area is 239 Å². The first-order valence-corrected chi connectivity index (χ1v) is 15.8. The molecule has 2 aromatic rings. The number of rotatable bonds is 8. The standard InChI is InChI=1S/C27H38N4O7S2/c1-16(2)37-25(32)29-18-8-6-17(7-9-18)24-28-13-22(39-24)21-11-10-19(30-26(33)38-20-14-36-15-20)12-23(21)40(34,35)31-27(3,4)5/h10-13,16-18,20,31H,6-9,14-15H2,1-5H3,(H,29,32)(H,30,33). The summed E-state index contributed by atoms with van der Waals surface area (Å²) in [6, 6.07) is 4.83. The van der Waals surface area contributed by atoms with Gasteiger partial charge in [-0.25, -0.2) is 27.7 Å². The van der Waals surface area contributed by atoms with Gasteiger partial charge in [-0.2, -0.15) is 0 Å². The third-order valence-corrected chi connectivity index (χ3v) is 9.36. The average molecular weight is 595 g/mol. The number of ether oxygens (including phenoxy) is 3. The highest BCUT2D eigenvalue weighted by atomic mass is 32.2. The Bertz CT molecular complexity index is 1310. The van der Waals surface area contributed by atoms with Crippen molar-refractivity contribution in [2.75, 3.05) is 18.5 Å². The lowest BCUT2D eigenvalue weighted by molar-refractivity contribution is -0.0951. The van der Waals surface area contributed by atoms with E-state index in [9.17, 15) is 18.0 Å². The maximum Gasteiger partial charge on any atom is 0.412 e. The second kappa shape index (κ2) is 12.4. The van der Waals surface area contributed by atoms with Crippen LogP contribution in [0.1, 0.15) is 71.2 Å². The maximum absolute atomic E-state index is 13.5. The van der Waals surface area contributed by atoms with Crippen molar-refractivity contribution >= 4 is 39.2 Å².